The Hall–Kier alpha value is -1.50. The molecule has 0 amide bonds. The van der Waals surface area contributed by atoms with Crippen molar-refractivity contribution >= 4 is 29.9 Å². The minimum atomic E-state index is -0.287. The van der Waals surface area contributed by atoms with Crippen LogP contribution in [-0.4, -0.2) is 46.7 Å². The number of nitrogens with zero attached hydrogens (tertiary/aromatic N) is 4. The summed E-state index contributed by atoms with van der Waals surface area (Å²) in [7, 11) is 0. The van der Waals surface area contributed by atoms with E-state index in [-0.39, 0.29) is 18.7 Å². The number of aliphatic imine (C=N–C) groups is 2. The fourth-order valence-corrected chi connectivity index (χ4v) is 2.33. The minimum absolute atomic E-state index is 0. The topological polar surface area (TPSA) is 74.3 Å². The van der Waals surface area contributed by atoms with Gasteiger partial charge in [-0.1, -0.05) is 12.2 Å². The molecule has 2 aliphatic heterocycles. The summed E-state index contributed by atoms with van der Waals surface area (Å²) in [6, 6.07) is 0. The van der Waals surface area contributed by atoms with E-state index in [2.05, 4.69) is 28.0 Å². The van der Waals surface area contributed by atoms with Gasteiger partial charge in [-0.2, -0.15) is 0 Å². The van der Waals surface area contributed by atoms with Crippen molar-refractivity contribution in [3.8, 4) is 0 Å². The lowest BCUT2D eigenvalue weighted by Gasteiger charge is -2.39. The van der Waals surface area contributed by atoms with Crippen molar-refractivity contribution in [2.24, 2.45) is 15.8 Å². The summed E-state index contributed by atoms with van der Waals surface area (Å²) in [6.45, 7) is 8.81. The van der Waals surface area contributed by atoms with Crippen LogP contribution in [0.3, 0.4) is 0 Å². The van der Waals surface area contributed by atoms with Gasteiger partial charge in [-0.25, -0.2) is 15.8 Å². The molecule has 2 heterocycles. The van der Waals surface area contributed by atoms with Crippen molar-refractivity contribution in [3.05, 3.63) is 25.3 Å². The summed E-state index contributed by atoms with van der Waals surface area (Å²) in [5.41, 5.74) is 0. The maximum atomic E-state index is 11.3. The fourth-order valence-electron chi connectivity index (χ4n) is 2.33. The Morgan fingerprint density at radius 2 is 1.86 bits per heavy atom. The molecule has 0 aromatic carbocycles. The Labute approximate surface area is 131 Å². The number of hydrazine groups is 1. The van der Waals surface area contributed by atoms with Crippen molar-refractivity contribution in [1.82, 2.24) is 9.91 Å². The molecule has 2 N–H and O–H groups in total. The summed E-state index contributed by atoms with van der Waals surface area (Å²) in [6.07, 6.45) is 5.58. The van der Waals surface area contributed by atoms with Crippen molar-refractivity contribution in [2.45, 2.75) is 32.0 Å². The van der Waals surface area contributed by atoms with Crippen LogP contribution in [0.2, 0.25) is 0 Å². The average Bonchev–Trinajstić information content (AvgIpc) is 2.44. The Kier molecular flexibility index (Phi) is 6.74. The van der Waals surface area contributed by atoms with E-state index in [1.807, 2.05) is 0 Å². The van der Waals surface area contributed by atoms with E-state index in [1.54, 1.807) is 17.2 Å². The van der Waals surface area contributed by atoms with Crippen LogP contribution >= 0.6 is 12.4 Å². The highest BCUT2D eigenvalue weighted by Crippen LogP contribution is 2.18. The van der Waals surface area contributed by atoms with E-state index in [0.29, 0.717) is 44.6 Å². The van der Waals surface area contributed by atoms with E-state index in [4.69, 9.17) is 5.84 Å². The van der Waals surface area contributed by atoms with Gasteiger partial charge in [-0.3, -0.25) is 14.7 Å². The van der Waals surface area contributed by atoms with Gasteiger partial charge in [0, 0.05) is 38.8 Å². The van der Waals surface area contributed by atoms with Gasteiger partial charge in [0.1, 0.15) is 17.5 Å². The number of carbonyl (C=O) groups is 1. The number of piperidine rings is 1. The van der Waals surface area contributed by atoms with Crippen molar-refractivity contribution < 1.29 is 4.79 Å². The summed E-state index contributed by atoms with van der Waals surface area (Å²) < 4.78 is 0. The van der Waals surface area contributed by atoms with Crippen molar-refractivity contribution in [3.63, 3.8) is 0 Å². The molecule has 0 bridgehead atoms. The highest BCUT2D eigenvalue weighted by Gasteiger charge is 2.30. The molecule has 0 radical (unpaired) electrons. The number of rotatable bonds is 5. The molecule has 1 unspecified atom stereocenters. The quantitative estimate of drug-likeness (QED) is 0.617. The molecule has 0 aliphatic carbocycles. The molecule has 21 heavy (non-hydrogen) atoms. The molecule has 1 atom stereocenters. The lowest BCUT2D eigenvalue weighted by molar-refractivity contribution is -0.122. The van der Waals surface area contributed by atoms with Gasteiger partial charge in [-0.05, 0) is 0 Å². The molecule has 0 aromatic heterocycles. The third-order valence-electron chi connectivity index (χ3n) is 3.41. The minimum Gasteiger partial charge on any atom is -0.300 e. The predicted octanol–water partition coefficient (Wildman–Crippen LogP) is 1.50. The Morgan fingerprint density at radius 3 is 2.43 bits per heavy atom. The van der Waals surface area contributed by atoms with Crippen molar-refractivity contribution in [1.29, 1.82) is 0 Å². The first-order valence-electron chi connectivity index (χ1n) is 6.81. The van der Waals surface area contributed by atoms with Crippen LogP contribution < -0.4 is 5.84 Å². The number of hydrogen-bond donors (Lipinski definition) is 1. The lowest BCUT2D eigenvalue weighted by atomic mass is 10.1. The molecule has 1 fully saturated rings. The zero-order valence-electron chi connectivity index (χ0n) is 12.1. The second-order valence-corrected chi connectivity index (χ2v) is 4.89. The third-order valence-corrected chi connectivity index (χ3v) is 3.41. The molecule has 0 spiro atoms. The summed E-state index contributed by atoms with van der Waals surface area (Å²) in [5, 5.41) is 1.57. The molecule has 2 rings (SSSR count). The van der Waals surface area contributed by atoms with Crippen LogP contribution in [0, 0.1) is 0 Å². The Morgan fingerprint density at radius 1 is 1.24 bits per heavy atom. The SMILES string of the molecule is C=CCC1=NC(N2CCC(=O)CC2)N(N)C(CC=C)=N1.Cl. The van der Waals surface area contributed by atoms with Gasteiger partial charge in [-0.15, -0.1) is 25.6 Å². The molecule has 1 saturated heterocycles. The molecule has 0 saturated carbocycles. The Balaban J connectivity index is 0.00000220. The zero-order chi connectivity index (χ0) is 14.5. The number of hydrogen-bond acceptors (Lipinski definition) is 6. The predicted molar refractivity (Wildman–Crippen MR) is 87.4 cm³/mol. The fraction of sp³-hybridized carbons (Fsp3) is 0.500. The van der Waals surface area contributed by atoms with Gasteiger partial charge in [0.15, 0.2) is 6.29 Å². The molecular weight excluding hydrogens is 290 g/mol. The van der Waals surface area contributed by atoms with Gasteiger partial charge in [0.25, 0.3) is 0 Å². The highest BCUT2D eigenvalue weighted by atomic mass is 35.5. The van der Waals surface area contributed by atoms with Gasteiger partial charge >= 0.3 is 0 Å². The maximum absolute atomic E-state index is 11.3. The number of halogens is 1. The maximum Gasteiger partial charge on any atom is 0.195 e. The van der Waals surface area contributed by atoms with E-state index in [1.165, 1.54) is 0 Å². The molecule has 116 valence electrons. The van der Waals surface area contributed by atoms with Crippen LogP contribution in [0.25, 0.3) is 0 Å². The molecule has 6 nitrogen and oxygen atoms in total. The number of likely N-dealkylation sites (tertiary alicyclic amines) is 1. The van der Waals surface area contributed by atoms with Crippen LogP contribution in [0.1, 0.15) is 25.7 Å². The largest absolute Gasteiger partial charge is 0.300 e. The van der Waals surface area contributed by atoms with Crippen LogP contribution in [-0.2, 0) is 4.79 Å². The average molecular weight is 312 g/mol. The third kappa shape index (κ3) is 4.23. The van der Waals surface area contributed by atoms with E-state index >= 15 is 0 Å². The van der Waals surface area contributed by atoms with Crippen LogP contribution in [0.5, 0.6) is 0 Å². The van der Waals surface area contributed by atoms with Crippen molar-refractivity contribution in [2.75, 3.05) is 13.1 Å². The summed E-state index contributed by atoms with van der Waals surface area (Å²) in [4.78, 5) is 22.5. The number of carbonyl (C=O) groups excluding carboxylic acids is 1. The van der Waals surface area contributed by atoms with E-state index < -0.39 is 0 Å². The normalized spacial score (nSPS) is 23.0. The Bertz CT molecular complexity index is 464. The van der Waals surface area contributed by atoms with Crippen LogP contribution in [0.4, 0.5) is 0 Å². The first-order valence-corrected chi connectivity index (χ1v) is 6.81. The lowest BCUT2D eigenvalue weighted by Crippen LogP contribution is -2.57. The summed E-state index contributed by atoms with van der Waals surface area (Å²) >= 11 is 0. The zero-order valence-corrected chi connectivity index (χ0v) is 12.9. The van der Waals surface area contributed by atoms with Gasteiger partial charge in [0.2, 0.25) is 0 Å². The number of ketones is 1. The van der Waals surface area contributed by atoms with Gasteiger partial charge < -0.3 is 0 Å². The second-order valence-electron chi connectivity index (χ2n) is 4.89. The first-order chi connectivity index (χ1) is 9.65. The second kappa shape index (κ2) is 8.07. The van der Waals surface area contributed by atoms with Gasteiger partial charge in [0.05, 0.1) is 0 Å². The first kappa shape index (κ1) is 17.6. The number of Topliss-reactive ketones (excluding diaryl/α,β-unsaturated/α-hetero) is 1. The molecule has 7 heteroatoms. The number of nitrogens with two attached hydrogens (primary N) is 1. The smallest absolute Gasteiger partial charge is 0.195 e. The molecular formula is C14H22ClN5O. The highest BCUT2D eigenvalue weighted by molar-refractivity contribution is 5.99. The summed E-state index contributed by atoms with van der Waals surface area (Å²) in [5.74, 6) is 7.90. The standard InChI is InChI=1S/C14H21N5O.ClH/c1-3-5-12-16-13(6-4-2)19(15)14(17-12)18-9-7-11(20)8-10-18;/h3-4,14H,1-2,5-10,15H2;1H. The molecule has 0 aromatic rings. The van der Waals surface area contributed by atoms with E-state index in [0.717, 1.165) is 11.7 Å². The molecule has 2 aliphatic rings. The monoisotopic (exact) mass is 311 g/mol. The van der Waals surface area contributed by atoms with E-state index in [9.17, 15) is 4.79 Å². The van der Waals surface area contributed by atoms with Crippen LogP contribution in [0.15, 0.2) is 35.3 Å². The number of amidine groups is 2.